The first-order valence-corrected chi connectivity index (χ1v) is 7.87. The number of hydrogen-bond acceptors (Lipinski definition) is 4. The molecule has 19 heavy (non-hydrogen) atoms. The number of benzene rings is 1. The fourth-order valence-corrected chi connectivity index (χ4v) is 3.22. The van der Waals surface area contributed by atoms with Crippen LogP contribution in [0, 0.1) is 5.92 Å². The molecule has 1 heterocycles. The number of aliphatic hydroxyl groups excluding tert-OH is 1. The fraction of sp³-hybridized carbons (Fsp3) is 0.538. The normalized spacial score (nSPS) is 19.7. The van der Waals surface area contributed by atoms with E-state index in [9.17, 15) is 8.42 Å². The minimum Gasteiger partial charge on any atom is -0.392 e. The Labute approximate surface area is 113 Å². The van der Waals surface area contributed by atoms with Crippen molar-refractivity contribution >= 4 is 10.0 Å². The molecule has 1 saturated heterocycles. The maximum Gasteiger partial charge on any atom is 0.240 e. The molecule has 1 aromatic rings. The summed E-state index contributed by atoms with van der Waals surface area (Å²) in [5.74, 6) is 0.450. The maximum atomic E-state index is 12.1. The van der Waals surface area contributed by atoms with E-state index in [0.717, 1.165) is 26.1 Å². The second-order valence-electron chi connectivity index (χ2n) is 4.72. The molecular formula is C13H19NO4S. The minimum absolute atomic E-state index is 0.164. The van der Waals surface area contributed by atoms with Gasteiger partial charge in [-0.3, -0.25) is 0 Å². The highest BCUT2D eigenvalue weighted by molar-refractivity contribution is 7.89. The Morgan fingerprint density at radius 1 is 1.42 bits per heavy atom. The molecule has 2 N–H and O–H groups in total. The lowest BCUT2D eigenvalue weighted by Gasteiger charge is -2.10. The van der Waals surface area contributed by atoms with Gasteiger partial charge in [0.05, 0.1) is 11.5 Å². The van der Waals surface area contributed by atoms with Gasteiger partial charge in [0.2, 0.25) is 10.0 Å². The molecule has 2 rings (SSSR count). The van der Waals surface area contributed by atoms with E-state index in [1.807, 2.05) is 0 Å². The molecule has 0 amide bonds. The van der Waals surface area contributed by atoms with Crippen LogP contribution < -0.4 is 4.72 Å². The Kier molecular flexibility index (Phi) is 4.93. The topological polar surface area (TPSA) is 75.6 Å². The van der Waals surface area contributed by atoms with Crippen LogP contribution in [0.5, 0.6) is 0 Å². The van der Waals surface area contributed by atoms with Crippen LogP contribution in [0.3, 0.4) is 0 Å². The number of rotatable bonds is 6. The van der Waals surface area contributed by atoms with Crippen molar-refractivity contribution in [3.63, 3.8) is 0 Å². The van der Waals surface area contributed by atoms with E-state index in [1.165, 1.54) is 12.1 Å². The molecule has 1 aliphatic rings. The number of sulfonamides is 1. The highest BCUT2D eigenvalue weighted by Gasteiger charge is 2.18. The van der Waals surface area contributed by atoms with Crippen LogP contribution in [0.4, 0.5) is 0 Å². The van der Waals surface area contributed by atoms with Crippen molar-refractivity contribution in [2.24, 2.45) is 5.92 Å². The Balaban J connectivity index is 1.93. The summed E-state index contributed by atoms with van der Waals surface area (Å²) in [6.07, 6.45) is 1.79. The van der Waals surface area contributed by atoms with Crippen LogP contribution in [-0.2, 0) is 21.4 Å². The van der Waals surface area contributed by atoms with Gasteiger partial charge in [-0.25, -0.2) is 13.1 Å². The van der Waals surface area contributed by atoms with E-state index in [0.29, 0.717) is 18.0 Å². The Morgan fingerprint density at radius 3 is 2.95 bits per heavy atom. The summed E-state index contributed by atoms with van der Waals surface area (Å²) in [5.41, 5.74) is 0.590. The largest absolute Gasteiger partial charge is 0.392 e. The molecule has 0 saturated carbocycles. The zero-order chi connectivity index (χ0) is 13.7. The molecule has 1 fully saturated rings. The highest BCUT2D eigenvalue weighted by Crippen LogP contribution is 2.16. The zero-order valence-electron chi connectivity index (χ0n) is 10.7. The lowest BCUT2D eigenvalue weighted by atomic mass is 10.1. The molecule has 1 atom stereocenters. The van der Waals surface area contributed by atoms with Gasteiger partial charge in [-0.15, -0.1) is 0 Å². The maximum absolute atomic E-state index is 12.1. The van der Waals surface area contributed by atoms with E-state index in [1.54, 1.807) is 12.1 Å². The Morgan fingerprint density at radius 2 is 2.26 bits per heavy atom. The lowest BCUT2D eigenvalue weighted by molar-refractivity contribution is 0.184. The average molecular weight is 285 g/mol. The first-order chi connectivity index (χ1) is 9.12. The molecule has 0 radical (unpaired) electrons. The SMILES string of the molecule is O=S(=O)(NCCC1CCOC1)c1cccc(CO)c1. The van der Waals surface area contributed by atoms with Gasteiger partial charge < -0.3 is 9.84 Å². The summed E-state index contributed by atoms with van der Waals surface area (Å²) < 4.78 is 31.9. The molecule has 1 unspecified atom stereocenters. The Hall–Kier alpha value is -0.950. The van der Waals surface area contributed by atoms with E-state index in [-0.39, 0.29) is 11.5 Å². The standard InChI is InChI=1S/C13H19NO4S/c15-9-12-2-1-3-13(8-12)19(16,17)14-6-4-11-5-7-18-10-11/h1-3,8,11,14-15H,4-7,9-10H2. The summed E-state index contributed by atoms with van der Waals surface area (Å²) in [4.78, 5) is 0.196. The monoisotopic (exact) mass is 285 g/mol. The smallest absolute Gasteiger partial charge is 0.240 e. The summed E-state index contributed by atoms with van der Waals surface area (Å²) in [7, 11) is -3.49. The molecule has 6 heteroatoms. The first kappa shape index (κ1) is 14.5. The number of ether oxygens (including phenoxy) is 1. The van der Waals surface area contributed by atoms with Crippen molar-refractivity contribution in [3.05, 3.63) is 29.8 Å². The van der Waals surface area contributed by atoms with Crippen LogP contribution in [0.1, 0.15) is 18.4 Å². The Bertz CT molecular complexity index is 509. The van der Waals surface area contributed by atoms with Gasteiger partial charge in [0.1, 0.15) is 0 Å². The van der Waals surface area contributed by atoms with Gasteiger partial charge in [-0.05, 0) is 36.5 Å². The molecule has 0 aromatic heterocycles. The number of hydrogen-bond donors (Lipinski definition) is 2. The quantitative estimate of drug-likeness (QED) is 0.813. The number of aliphatic hydroxyl groups is 1. The number of nitrogens with one attached hydrogen (secondary N) is 1. The fourth-order valence-electron chi connectivity index (χ4n) is 2.10. The molecule has 106 valence electrons. The van der Waals surface area contributed by atoms with Gasteiger partial charge >= 0.3 is 0 Å². The van der Waals surface area contributed by atoms with E-state index >= 15 is 0 Å². The van der Waals surface area contributed by atoms with Gasteiger partial charge in [-0.1, -0.05) is 12.1 Å². The predicted octanol–water partition coefficient (Wildman–Crippen LogP) is 0.884. The lowest BCUT2D eigenvalue weighted by Crippen LogP contribution is -2.26. The van der Waals surface area contributed by atoms with Crippen molar-refractivity contribution < 1.29 is 18.3 Å². The average Bonchev–Trinajstić information content (AvgIpc) is 2.92. The third-order valence-corrected chi connectivity index (χ3v) is 4.72. The summed E-state index contributed by atoms with van der Waals surface area (Å²) >= 11 is 0. The molecule has 1 aromatic carbocycles. The van der Waals surface area contributed by atoms with E-state index < -0.39 is 10.0 Å². The van der Waals surface area contributed by atoms with Gasteiger partial charge in [0, 0.05) is 19.8 Å². The molecule has 1 aliphatic heterocycles. The molecule has 0 aliphatic carbocycles. The van der Waals surface area contributed by atoms with Crippen LogP contribution in [0.2, 0.25) is 0 Å². The van der Waals surface area contributed by atoms with Crippen LogP contribution in [0.25, 0.3) is 0 Å². The second-order valence-corrected chi connectivity index (χ2v) is 6.49. The second kappa shape index (κ2) is 6.47. The van der Waals surface area contributed by atoms with Gasteiger partial charge in [0.25, 0.3) is 0 Å². The first-order valence-electron chi connectivity index (χ1n) is 6.39. The van der Waals surface area contributed by atoms with E-state index in [2.05, 4.69) is 4.72 Å². The molecular weight excluding hydrogens is 266 g/mol. The summed E-state index contributed by atoms with van der Waals surface area (Å²) in [5, 5.41) is 9.02. The van der Waals surface area contributed by atoms with Crippen molar-refractivity contribution in [3.8, 4) is 0 Å². The zero-order valence-corrected chi connectivity index (χ0v) is 11.5. The summed E-state index contributed by atoms with van der Waals surface area (Å²) in [6.45, 7) is 1.75. The minimum atomic E-state index is -3.49. The van der Waals surface area contributed by atoms with Crippen molar-refractivity contribution in [1.82, 2.24) is 4.72 Å². The highest BCUT2D eigenvalue weighted by atomic mass is 32.2. The summed E-state index contributed by atoms with van der Waals surface area (Å²) in [6, 6.07) is 6.33. The molecule has 0 spiro atoms. The van der Waals surface area contributed by atoms with Crippen LogP contribution in [0.15, 0.2) is 29.2 Å². The third-order valence-electron chi connectivity index (χ3n) is 3.26. The van der Waals surface area contributed by atoms with Crippen molar-refractivity contribution in [1.29, 1.82) is 0 Å². The van der Waals surface area contributed by atoms with Crippen molar-refractivity contribution in [2.45, 2.75) is 24.3 Å². The molecule has 0 bridgehead atoms. The van der Waals surface area contributed by atoms with E-state index in [4.69, 9.17) is 9.84 Å². The van der Waals surface area contributed by atoms with Crippen LogP contribution in [-0.4, -0.2) is 33.3 Å². The third kappa shape index (κ3) is 4.01. The van der Waals surface area contributed by atoms with Gasteiger partial charge in [-0.2, -0.15) is 0 Å². The van der Waals surface area contributed by atoms with Crippen LogP contribution >= 0.6 is 0 Å². The van der Waals surface area contributed by atoms with Gasteiger partial charge in [0.15, 0.2) is 0 Å². The predicted molar refractivity (Wildman–Crippen MR) is 71.1 cm³/mol. The molecule has 5 nitrogen and oxygen atoms in total. The van der Waals surface area contributed by atoms with Crippen molar-refractivity contribution in [2.75, 3.05) is 19.8 Å².